The second kappa shape index (κ2) is 6.31. The molecule has 0 atom stereocenters. The predicted molar refractivity (Wildman–Crippen MR) is 87.7 cm³/mol. The zero-order valence-corrected chi connectivity index (χ0v) is 14.1. The summed E-state index contributed by atoms with van der Waals surface area (Å²) in [6.45, 7) is 10.5. The molecule has 2 fully saturated rings. The minimum absolute atomic E-state index is 0.0102. The molecule has 126 valence electrons. The van der Waals surface area contributed by atoms with Crippen LogP contribution in [0.5, 0.6) is 0 Å². The van der Waals surface area contributed by atoms with E-state index in [-0.39, 0.29) is 17.5 Å². The maximum atomic E-state index is 12.1. The molecule has 3 heterocycles. The molecule has 2 aliphatic rings. The largest absolute Gasteiger partial charge is 0.378 e. The van der Waals surface area contributed by atoms with Gasteiger partial charge in [-0.1, -0.05) is 20.8 Å². The first-order valence-corrected chi connectivity index (χ1v) is 8.15. The van der Waals surface area contributed by atoms with Crippen LogP contribution in [0.25, 0.3) is 0 Å². The first-order valence-electron chi connectivity index (χ1n) is 8.15. The zero-order valence-electron chi connectivity index (χ0n) is 14.1. The number of nitrogens with zero attached hydrogens (tertiary/aromatic N) is 4. The van der Waals surface area contributed by atoms with E-state index in [0.29, 0.717) is 26.3 Å². The number of ether oxygens (including phenoxy) is 1. The van der Waals surface area contributed by atoms with Gasteiger partial charge in [-0.25, -0.2) is 14.8 Å². The smallest absolute Gasteiger partial charge is 0.317 e. The third-order valence-corrected chi connectivity index (χ3v) is 4.14. The summed E-state index contributed by atoms with van der Waals surface area (Å²) in [6, 6.07) is 2.12. The van der Waals surface area contributed by atoms with Crippen molar-refractivity contribution < 1.29 is 9.53 Å². The number of carbonyl (C=O) groups excluding carboxylic acids is 1. The molecule has 0 spiro atoms. The van der Waals surface area contributed by atoms with Gasteiger partial charge in [-0.05, 0) is 6.07 Å². The summed E-state index contributed by atoms with van der Waals surface area (Å²) >= 11 is 0. The fourth-order valence-corrected chi connectivity index (χ4v) is 2.68. The van der Waals surface area contributed by atoms with Crippen molar-refractivity contribution in [3.63, 3.8) is 0 Å². The molecule has 2 saturated heterocycles. The lowest BCUT2D eigenvalue weighted by atomic mass is 9.96. The third kappa shape index (κ3) is 3.72. The van der Waals surface area contributed by atoms with E-state index in [2.05, 4.69) is 41.0 Å². The van der Waals surface area contributed by atoms with Crippen molar-refractivity contribution in [2.75, 3.05) is 44.3 Å². The number of amides is 2. The van der Waals surface area contributed by atoms with Crippen molar-refractivity contribution in [3.05, 3.63) is 18.1 Å². The van der Waals surface area contributed by atoms with Crippen LogP contribution in [0, 0.1) is 0 Å². The van der Waals surface area contributed by atoms with Gasteiger partial charge >= 0.3 is 6.03 Å². The van der Waals surface area contributed by atoms with E-state index < -0.39 is 0 Å². The Balaban J connectivity index is 1.52. The van der Waals surface area contributed by atoms with Gasteiger partial charge in [0.05, 0.1) is 19.3 Å². The van der Waals surface area contributed by atoms with Crippen molar-refractivity contribution in [3.8, 4) is 0 Å². The number of anilines is 1. The molecule has 7 nitrogen and oxygen atoms in total. The number of aromatic nitrogens is 2. The van der Waals surface area contributed by atoms with Crippen LogP contribution in [0.2, 0.25) is 0 Å². The SMILES string of the molecule is CC(C)(C)c1nccc(N2CC(NC(=O)N3CCOCC3)C2)n1. The Morgan fingerprint density at radius 2 is 2.00 bits per heavy atom. The molecular formula is C16H25N5O2. The average molecular weight is 319 g/mol. The van der Waals surface area contributed by atoms with Crippen LogP contribution in [-0.4, -0.2) is 66.3 Å². The fraction of sp³-hybridized carbons (Fsp3) is 0.688. The van der Waals surface area contributed by atoms with Crippen molar-refractivity contribution in [2.45, 2.75) is 32.2 Å². The zero-order chi connectivity index (χ0) is 16.4. The molecule has 0 saturated carbocycles. The number of carbonyl (C=O) groups is 1. The summed E-state index contributed by atoms with van der Waals surface area (Å²) in [5, 5.41) is 3.08. The Hall–Kier alpha value is -1.89. The summed E-state index contributed by atoms with van der Waals surface area (Å²) in [5.74, 6) is 1.78. The molecule has 0 radical (unpaired) electrons. The van der Waals surface area contributed by atoms with Gasteiger partial charge in [-0.15, -0.1) is 0 Å². The highest BCUT2D eigenvalue weighted by molar-refractivity contribution is 5.75. The average Bonchev–Trinajstić information content (AvgIpc) is 2.50. The van der Waals surface area contributed by atoms with Crippen LogP contribution in [0.15, 0.2) is 12.3 Å². The highest BCUT2D eigenvalue weighted by atomic mass is 16.5. The number of nitrogens with one attached hydrogen (secondary N) is 1. The Bertz CT molecular complexity index is 560. The normalized spacial score (nSPS) is 19.4. The maximum Gasteiger partial charge on any atom is 0.317 e. The minimum atomic E-state index is -0.0647. The standard InChI is InChI=1S/C16H25N5O2/c1-16(2,3)14-17-5-4-13(19-14)21-10-12(11-21)18-15(22)20-6-8-23-9-7-20/h4-5,12H,6-11H2,1-3H3,(H,18,22). The lowest BCUT2D eigenvalue weighted by Gasteiger charge is -2.41. The number of urea groups is 1. The van der Waals surface area contributed by atoms with Crippen LogP contribution < -0.4 is 10.2 Å². The molecule has 7 heteroatoms. The monoisotopic (exact) mass is 319 g/mol. The first-order chi connectivity index (χ1) is 10.9. The molecule has 1 aromatic rings. The molecule has 0 aromatic carbocycles. The lowest BCUT2D eigenvalue weighted by molar-refractivity contribution is 0.0522. The van der Waals surface area contributed by atoms with Crippen LogP contribution in [0.3, 0.4) is 0 Å². The van der Waals surface area contributed by atoms with E-state index in [0.717, 1.165) is 24.7 Å². The van der Waals surface area contributed by atoms with Gasteiger partial charge in [0.25, 0.3) is 0 Å². The molecule has 0 bridgehead atoms. The van der Waals surface area contributed by atoms with E-state index in [1.165, 1.54) is 0 Å². The van der Waals surface area contributed by atoms with Crippen molar-refractivity contribution in [1.82, 2.24) is 20.2 Å². The van der Waals surface area contributed by atoms with Gasteiger partial charge in [0.15, 0.2) is 0 Å². The Morgan fingerprint density at radius 1 is 1.30 bits per heavy atom. The number of hydrogen-bond acceptors (Lipinski definition) is 5. The number of rotatable bonds is 2. The van der Waals surface area contributed by atoms with E-state index in [1.807, 2.05) is 17.2 Å². The summed E-state index contributed by atoms with van der Waals surface area (Å²) in [5.41, 5.74) is -0.0647. The Morgan fingerprint density at radius 3 is 2.65 bits per heavy atom. The molecule has 0 aliphatic carbocycles. The van der Waals surface area contributed by atoms with E-state index in [9.17, 15) is 4.79 Å². The topological polar surface area (TPSA) is 70.6 Å². The molecule has 1 aromatic heterocycles. The van der Waals surface area contributed by atoms with E-state index in [4.69, 9.17) is 4.74 Å². The quantitative estimate of drug-likeness (QED) is 0.881. The van der Waals surface area contributed by atoms with Crippen LogP contribution in [0.4, 0.5) is 10.6 Å². The molecule has 2 aliphatic heterocycles. The van der Waals surface area contributed by atoms with Crippen molar-refractivity contribution in [2.24, 2.45) is 0 Å². The summed E-state index contributed by atoms with van der Waals surface area (Å²) in [7, 11) is 0. The molecule has 3 rings (SSSR count). The number of hydrogen-bond donors (Lipinski definition) is 1. The highest BCUT2D eigenvalue weighted by Crippen LogP contribution is 2.23. The van der Waals surface area contributed by atoms with Gasteiger partial charge in [0.2, 0.25) is 0 Å². The fourth-order valence-electron chi connectivity index (χ4n) is 2.68. The van der Waals surface area contributed by atoms with Crippen LogP contribution >= 0.6 is 0 Å². The lowest BCUT2D eigenvalue weighted by Crippen LogP contribution is -2.62. The second-order valence-electron chi connectivity index (χ2n) is 7.14. The molecule has 1 N–H and O–H groups in total. The highest BCUT2D eigenvalue weighted by Gasteiger charge is 2.31. The predicted octanol–water partition coefficient (Wildman–Crippen LogP) is 1.00. The van der Waals surface area contributed by atoms with Crippen molar-refractivity contribution in [1.29, 1.82) is 0 Å². The molecule has 2 amide bonds. The first kappa shape index (κ1) is 16.0. The summed E-state index contributed by atoms with van der Waals surface area (Å²) in [4.78, 5) is 25.1. The minimum Gasteiger partial charge on any atom is -0.378 e. The number of morpholine rings is 1. The summed E-state index contributed by atoms with van der Waals surface area (Å²) < 4.78 is 5.26. The van der Waals surface area contributed by atoms with Crippen LogP contribution in [0.1, 0.15) is 26.6 Å². The third-order valence-electron chi connectivity index (χ3n) is 4.14. The summed E-state index contributed by atoms with van der Waals surface area (Å²) in [6.07, 6.45) is 1.81. The molecular weight excluding hydrogens is 294 g/mol. The second-order valence-corrected chi connectivity index (χ2v) is 7.14. The molecule has 0 unspecified atom stereocenters. The molecule has 23 heavy (non-hydrogen) atoms. The van der Waals surface area contributed by atoms with Gasteiger partial charge < -0.3 is 19.9 Å². The van der Waals surface area contributed by atoms with Crippen LogP contribution in [-0.2, 0) is 10.2 Å². The van der Waals surface area contributed by atoms with Gasteiger partial charge in [-0.3, -0.25) is 0 Å². The van der Waals surface area contributed by atoms with Gasteiger partial charge in [0, 0.05) is 37.8 Å². The Kier molecular flexibility index (Phi) is 4.39. The van der Waals surface area contributed by atoms with Crippen molar-refractivity contribution >= 4 is 11.8 Å². The van der Waals surface area contributed by atoms with E-state index >= 15 is 0 Å². The van der Waals surface area contributed by atoms with E-state index in [1.54, 1.807) is 0 Å². The Labute approximate surface area is 137 Å². The van der Waals surface area contributed by atoms with Gasteiger partial charge in [-0.2, -0.15) is 0 Å². The van der Waals surface area contributed by atoms with Gasteiger partial charge in [0.1, 0.15) is 11.6 Å². The maximum absolute atomic E-state index is 12.1.